The number of hydrogen-bond acceptors (Lipinski definition) is 2. The van der Waals surface area contributed by atoms with Crippen LogP contribution in [0.3, 0.4) is 0 Å². The normalized spacial score (nSPS) is 12.4. The van der Waals surface area contributed by atoms with E-state index in [-0.39, 0.29) is 5.54 Å². The molecule has 46 valence electrons. The summed E-state index contributed by atoms with van der Waals surface area (Å²) < 4.78 is 0. The van der Waals surface area contributed by atoms with Crippen LogP contribution in [0.15, 0.2) is 4.99 Å². The van der Waals surface area contributed by atoms with Gasteiger partial charge in [0.05, 0.1) is 5.54 Å². The average molecular weight is 112 g/mol. The summed E-state index contributed by atoms with van der Waals surface area (Å²) in [6.07, 6.45) is 2.69. The van der Waals surface area contributed by atoms with Crippen molar-refractivity contribution in [2.75, 3.05) is 0 Å². The first-order valence-corrected chi connectivity index (χ1v) is 2.60. The van der Waals surface area contributed by atoms with Crippen LogP contribution in [0.25, 0.3) is 0 Å². The second-order valence-corrected chi connectivity index (χ2v) is 2.62. The van der Waals surface area contributed by atoms with E-state index in [2.05, 4.69) is 4.99 Å². The van der Waals surface area contributed by atoms with Gasteiger partial charge in [-0.25, -0.2) is 0 Å². The van der Waals surface area contributed by atoms with Gasteiger partial charge in [-0.05, 0) is 20.8 Å². The first-order chi connectivity index (χ1) is 3.56. The molecular formula is C6H12N2. The summed E-state index contributed by atoms with van der Waals surface area (Å²) in [5, 5.41) is 6.61. The Hall–Kier alpha value is -0.660. The predicted octanol–water partition coefficient (Wildman–Crippen LogP) is 1.51. The van der Waals surface area contributed by atoms with Gasteiger partial charge < -0.3 is 5.41 Å². The fraction of sp³-hybridized carbons (Fsp3) is 0.667. The first-order valence-electron chi connectivity index (χ1n) is 2.60. The minimum Gasteiger partial charge on any atom is -0.307 e. The van der Waals surface area contributed by atoms with Crippen molar-refractivity contribution >= 4 is 12.4 Å². The molecule has 2 nitrogen and oxygen atoms in total. The summed E-state index contributed by atoms with van der Waals surface area (Å²) in [6, 6.07) is 0. The molecule has 0 heterocycles. The summed E-state index contributed by atoms with van der Waals surface area (Å²) in [6.45, 7) is 5.98. The van der Waals surface area contributed by atoms with Crippen molar-refractivity contribution < 1.29 is 0 Å². The zero-order valence-electron chi connectivity index (χ0n) is 5.60. The third-order valence-corrected chi connectivity index (χ3v) is 0.536. The van der Waals surface area contributed by atoms with E-state index in [4.69, 9.17) is 5.41 Å². The van der Waals surface area contributed by atoms with Gasteiger partial charge in [-0.2, -0.15) is 0 Å². The highest BCUT2D eigenvalue weighted by molar-refractivity contribution is 6.14. The second kappa shape index (κ2) is 2.60. The standard InChI is InChI=1S/C6H12N2/c1-6(2,3)8-5-4-7/h4-5,7H,1-3H3. The fourth-order valence-corrected chi connectivity index (χ4v) is 0.261. The molecule has 0 aromatic carbocycles. The quantitative estimate of drug-likeness (QED) is 0.499. The second-order valence-electron chi connectivity index (χ2n) is 2.62. The smallest absolute Gasteiger partial charge is 0.0524 e. The molecule has 0 spiro atoms. The Morgan fingerprint density at radius 1 is 1.38 bits per heavy atom. The molecule has 0 aromatic heterocycles. The lowest BCUT2D eigenvalue weighted by atomic mass is 10.1. The molecule has 0 aromatic rings. The van der Waals surface area contributed by atoms with Gasteiger partial charge in [-0.3, -0.25) is 4.99 Å². The van der Waals surface area contributed by atoms with E-state index in [1.807, 2.05) is 20.8 Å². The summed E-state index contributed by atoms with van der Waals surface area (Å²) in [5.74, 6) is 0. The lowest BCUT2D eigenvalue weighted by Gasteiger charge is -2.09. The van der Waals surface area contributed by atoms with E-state index in [1.165, 1.54) is 12.4 Å². The van der Waals surface area contributed by atoms with E-state index in [9.17, 15) is 0 Å². The molecule has 0 saturated heterocycles. The maximum Gasteiger partial charge on any atom is 0.0524 e. The number of nitrogens with one attached hydrogen (secondary N) is 1. The van der Waals surface area contributed by atoms with Crippen LogP contribution in [-0.2, 0) is 0 Å². The third kappa shape index (κ3) is 5.34. The molecular weight excluding hydrogens is 100 g/mol. The van der Waals surface area contributed by atoms with Crippen molar-refractivity contribution in [3.8, 4) is 0 Å². The van der Waals surface area contributed by atoms with E-state index in [1.54, 1.807) is 0 Å². The van der Waals surface area contributed by atoms with E-state index < -0.39 is 0 Å². The topological polar surface area (TPSA) is 36.2 Å². The lowest BCUT2D eigenvalue weighted by Crippen LogP contribution is -2.09. The van der Waals surface area contributed by atoms with Crippen LogP contribution in [-0.4, -0.2) is 18.0 Å². The molecule has 0 aliphatic rings. The van der Waals surface area contributed by atoms with Crippen LogP contribution in [0.5, 0.6) is 0 Å². The van der Waals surface area contributed by atoms with E-state index in [0.29, 0.717) is 0 Å². The predicted molar refractivity (Wildman–Crippen MR) is 37.0 cm³/mol. The van der Waals surface area contributed by atoms with E-state index >= 15 is 0 Å². The van der Waals surface area contributed by atoms with Gasteiger partial charge in [0.2, 0.25) is 0 Å². The maximum absolute atomic E-state index is 6.61. The Labute approximate surface area is 50.1 Å². The molecule has 0 amide bonds. The number of hydrogen-bond donors (Lipinski definition) is 1. The Morgan fingerprint density at radius 3 is 2.00 bits per heavy atom. The van der Waals surface area contributed by atoms with Crippen molar-refractivity contribution in [2.45, 2.75) is 26.3 Å². The zero-order chi connectivity index (χ0) is 6.62. The highest BCUT2D eigenvalue weighted by Crippen LogP contribution is 2.03. The average Bonchev–Trinajstić information content (AvgIpc) is 1.59. The van der Waals surface area contributed by atoms with Gasteiger partial charge in [0.15, 0.2) is 0 Å². The van der Waals surface area contributed by atoms with Crippen LogP contribution in [0.4, 0.5) is 0 Å². The Kier molecular flexibility index (Phi) is 2.38. The molecule has 0 rings (SSSR count). The molecule has 0 unspecified atom stereocenters. The van der Waals surface area contributed by atoms with E-state index in [0.717, 1.165) is 0 Å². The molecule has 2 heteroatoms. The zero-order valence-corrected chi connectivity index (χ0v) is 5.60. The molecule has 8 heavy (non-hydrogen) atoms. The number of aliphatic imine (C=N–C) groups is 1. The molecule has 0 saturated carbocycles. The van der Waals surface area contributed by atoms with Crippen molar-refractivity contribution in [2.24, 2.45) is 4.99 Å². The van der Waals surface area contributed by atoms with Crippen molar-refractivity contribution in [1.82, 2.24) is 0 Å². The molecule has 1 N–H and O–H groups in total. The summed E-state index contributed by atoms with van der Waals surface area (Å²) in [7, 11) is 0. The first kappa shape index (κ1) is 7.34. The van der Waals surface area contributed by atoms with Crippen LogP contribution >= 0.6 is 0 Å². The maximum atomic E-state index is 6.61. The highest BCUT2D eigenvalue weighted by atomic mass is 14.8. The van der Waals surface area contributed by atoms with Gasteiger partial charge in [0.25, 0.3) is 0 Å². The highest BCUT2D eigenvalue weighted by Gasteiger charge is 2.02. The molecule has 0 aliphatic heterocycles. The van der Waals surface area contributed by atoms with Crippen molar-refractivity contribution in [1.29, 1.82) is 5.41 Å². The number of rotatable bonds is 1. The SMILES string of the molecule is CC(C)(C)N=CC=N. The van der Waals surface area contributed by atoms with Crippen LogP contribution in [0.1, 0.15) is 20.8 Å². The summed E-state index contributed by atoms with van der Waals surface area (Å²) in [4.78, 5) is 4.01. The van der Waals surface area contributed by atoms with Crippen molar-refractivity contribution in [3.05, 3.63) is 0 Å². The Balaban J connectivity index is 3.69. The number of nitrogens with zero attached hydrogens (tertiary/aromatic N) is 1. The monoisotopic (exact) mass is 112 g/mol. The molecule has 0 radical (unpaired) electrons. The largest absolute Gasteiger partial charge is 0.307 e. The minimum atomic E-state index is -0.0302. The van der Waals surface area contributed by atoms with Gasteiger partial charge in [0, 0.05) is 12.4 Å². The fourth-order valence-electron chi connectivity index (χ4n) is 0.261. The molecule has 0 fully saturated rings. The Bertz CT molecular complexity index is 97.6. The lowest BCUT2D eigenvalue weighted by molar-refractivity contribution is 0.587. The van der Waals surface area contributed by atoms with Crippen molar-refractivity contribution in [3.63, 3.8) is 0 Å². The molecule has 0 bridgehead atoms. The van der Waals surface area contributed by atoms with Crippen LogP contribution < -0.4 is 0 Å². The van der Waals surface area contributed by atoms with Gasteiger partial charge in [0.1, 0.15) is 0 Å². The third-order valence-electron chi connectivity index (χ3n) is 0.536. The van der Waals surface area contributed by atoms with Gasteiger partial charge in [-0.15, -0.1) is 0 Å². The minimum absolute atomic E-state index is 0.0302. The molecule has 0 atom stereocenters. The Morgan fingerprint density at radius 2 is 1.88 bits per heavy atom. The van der Waals surface area contributed by atoms with Gasteiger partial charge >= 0.3 is 0 Å². The van der Waals surface area contributed by atoms with Gasteiger partial charge in [-0.1, -0.05) is 0 Å². The summed E-state index contributed by atoms with van der Waals surface area (Å²) in [5.41, 5.74) is -0.0302. The molecule has 0 aliphatic carbocycles. The summed E-state index contributed by atoms with van der Waals surface area (Å²) >= 11 is 0. The van der Waals surface area contributed by atoms with Crippen LogP contribution in [0.2, 0.25) is 0 Å². The van der Waals surface area contributed by atoms with Crippen LogP contribution in [0, 0.1) is 5.41 Å².